The van der Waals surface area contributed by atoms with E-state index in [0.29, 0.717) is 6.61 Å². The Morgan fingerprint density at radius 1 is 1.09 bits per heavy atom. The zero-order valence-electron chi connectivity index (χ0n) is 13.8. The number of hydrogen-bond donors (Lipinski definition) is 1. The minimum Gasteiger partial charge on any atom is -0.494 e. The van der Waals surface area contributed by atoms with E-state index in [-0.39, 0.29) is 0 Å². The van der Waals surface area contributed by atoms with Gasteiger partial charge in [0, 0.05) is 24.5 Å². The molecule has 0 saturated heterocycles. The van der Waals surface area contributed by atoms with E-state index in [1.165, 1.54) is 11.3 Å². The predicted molar refractivity (Wildman–Crippen MR) is 94.8 cm³/mol. The maximum absolute atomic E-state index is 5.82. The van der Waals surface area contributed by atoms with Crippen molar-refractivity contribution < 1.29 is 4.74 Å². The van der Waals surface area contributed by atoms with Crippen LogP contribution in [-0.4, -0.2) is 19.7 Å². The first-order valence-corrected chi connectivity index (χ1v) is 7.90. The van der Waals surface area contributed by atoms with Crippen LogP contribution in [0.3, 0.4) is 0 Å². The first-order chi connectivity index (χ1) is 10.6. The fourth-order valence-electron chi connectivity index (χ4n) is 2.48. The quantitative estimate of drug-likeness (QED) is 0.615. The standard InChI is InChI=1S/C19H26N2O/c1-4-21(17-8-5-7-15(2)13-17)11-6-12-22-18-9-10-19(20)16(3)14-18/h5,7-10,13-14H,4,6,11-12,20H2,1-3H3. The summed E-state index contributed by atoms with van der Waals surface area (Å²) in [6.07, 6.45) is 0.991. The molecule has 2 rings (SSSR count). The topological polar surface area (TPSA) is 38.5 Å². The third kappa shape index (κ3) is 4.42. The summed E-state index contributed by atoms with van der Waals surface area (Å²) in [6.45, 7) is 9.03. The summed E-state index contributed by atoms with van der Waals surface area (Å²) >= 11 is 0. The van der Waals surface area contributed by atoms with Crippen LogP contribution in [0.4, 0.5) is 11.4 Å². The Morgan fingerprint density at radius 2 is 1.91 bits per heavy atom. The van der Waals surface area contributed by atoms with Crippen LogP contribution in [0.1, 0.15) is 24.5 Å². The van der Waals surface area contributed by atoms with Crippen molar-refractivity contribution in [2.45, 2.75) is 27.2 Å². The number of aryl methyl sites for hydroxylation is 2. The van der Waals surface area contributed by atoms with Crippen LogP contribution in [0, 0.1) is 13.8 Å². The third-order valence-electron chi connectivity index (χ3n) is 3.83. The Labute approximate surface area is 133 Å². The average Bonchev–Trinajstić information content (AvgIpc) is 2.51. The summed E-state index contributed by atoms with van der Waals surface area (Å²) in [7, 11) is 0. The molecule has 3 heteroatoms. The summed E-state index contributed by atoms with van der Waals surface area (Å²) in [5, 5.41) is 0. The van der Waals surface area contributed by atoms with Gasteiger partial charge in [0.25, 0.3) is 0 Å². The molecule has 2 aromatic carbocycles. The normalized spacial score (nSPS) is 10.5. The third-order valence-corrected chi connectivity index (χ3v) is 3.83. The number of ether oxygens (including phenoxy) is 1. The van der Waals surface area contributed by atoms with Gasteiger partial charge in [-0.15, -0.1) is 0 Å². The maximum Gasteiger partial charge on any atom is 0.119 e. The number of anilines is 2. The summed E-state index contributed by atoms with van der Waals surface area (Å²) in [5.41, 5.74) is 10.3. The highest BCUT2D eigenvalue weighted by Crippen LogP contribution is 2.19. The molecule has 2 N–H and O–H groups in total. The second-order valence-corrected chi connectivity index (χ2v) is 5.64. The van der Waals surface area contributed by atoms with Gasteiger partial charge in [-0.05, 0) is 68.7 Å². The molecule has 0 aliphatic rings. The highest BCUT2D eigenvalue weighted by Gasteiger charge is 2.04. The van der Waals surface area contributed by atoms with E-state index < -0.39 is 0 Å². The van der Waals surface area contributed by atoms with E-state index in [9.17, 15) is 0 Å². The van der Waals surface area contributed by atoms with Crippen molar-refractivity contribution in [2.24, 2.45) is 0 Å². The SMILES string of the molecule is CCN(CCCOc1ccc(N)c(C)c1)c1cccc(C)c1. The number of nitrogens with zero attached hydrogens (tertiary/aromatic N) is 1. The van der Waals surface area contributed by atoms with Gasteiger partial charge in [0.1, 0.15) is 5.75 Å². The van der Waals surface area contributed by atoms with E-state index >= 15 is 0 Å². The highest BCUT2D eigenvalue weighted by atomic mass is 16.5. The Bertz CT molecular complexity index is 610. The van der Waals surface area contributed by atoms with Gasteiger partial charge in [-0.25, -0.2) is 0 Å². The molecule has 0 bridgehead atoms. The zero-order valence-corrected chi connectivity index (χ0v) is 13.8. The minimum atomic E-state index is 0.714. The molecule has 0 radical (unpaired) electrons. The predicted octanol–water partition coefficient (Wildman–Crippen LogP) is 4.18. The van der Waals surface area contributed by atoms with Gasteiger partial charge < -0.3 is 15.4 Å². The Balaban J connectivity index is 1.83. The van der Waals surface area contributed by atoms with Crippen LogP contribution < -0.4 is 15.4 Å². The average molecular weight is 298 g/mol. The smallest absolute Gasteiger partial charge is 0.119 e. The Kier molecular flexibility index (Phi) is 5.70. The van der Waals surface area contributed by atoms with E-state index in [0.717, 1.165) is 36.5 Å². The van der Waals surface area contributed by atoms with Crippen molar-refractivity contribution in [2.75, 3.05) is 30.3 Å². The number of nitrogen functional groups attached to an aromatic ring is 1. The maximum atomic E-state index is 5.82. The van der Waals surface area contributed by atoms with Crippen LogP contribution in [0.5, 0.6) is 5.75 Å². The molecule has 2 aromatic rings. The lowest BCUT2D eigenvalue weighted by Gasteiger charge is -2.23. The molecule has 0 amide bonds. The largest absolute Gasteiger partial charge is 0.494 e. The summed E-state index contributed by atoms with van der Waals surface area (Å²) in [5.74, 6) is 0.894. The van der Waals surface area contributed by atoms with Crippen LogP contribution in [-0.2, 0) is 0 Å². The fraction of sp³-hybridized carbons (Fsp3) is 0.368. The molecule has 22 heavy (non-hydrogen) atoms. The minimum absolute atomic E-state index is 0.714. The van der Waals surface area contributed by atoms with Gasteiger partial charge in [-0.3, -0.25) is 0 Å². The lowest BCUT2D eigenvalue weighted by atomic mass is 10.2. The highest BCUT2D eigenvalue weighted by molar-refractivity contribution is 5.49. The van der Waals surface area contributed by atoms with Gasteiger partial charge >= 0.3 is 0 Å². The van der Waals surface area contributed by atoms with Crippen molar-refractivity contribution in [1.29, 1.82) is 0 Å². The van der Waals surface area contributed by atoms with Crippen LogP contribution >= 0.6 is 0 Å². The van der Waals surface area contributed by atoms with Crippen LogP contribution in [0.2, 0.25) is 0 Å². The molecule has 0 atom stereocenters. The van der Waals surface area contributed by atoms with Crippen molar-refractivity contribution >= 4 is 11.4 Å². The molecular weight excluding hydrogens is 272 g/mol. The Hall–Kier alpha value is -2.16. The van der Waals surface area contributed by atoms with E-state index in [2.05, 4.69) is 43.0 Å². The van der Waals surface area contributed by atoms with Crippen molar-refractivity contribution in [1.82, 2.24) is 0 Å². The molecule has 0 saturated carbocycles. The van der Waals surface area contributed by atoms with Crippen molar-refractivity contribution in [3.8, 4) is 5.75 Å². The molecule has 0 aliphatic carbocycles. The molecule has 0 fully saturated rings. The van der Waals surface area contributed by atoms with Gasteiger partial charge in [-0.1, -0.05) is 12.1 Å². The van der Waals surface area contributed by atoms with Gasteiger partial charge in [0.15, 0.2) is 0 Å². The molecule has 0 unspecified atom stereocenters. The first kappa shape index (κ1) is 16.2. The first-order valence-electron chi connectivity index (χ1n) is 7.90. The molecule has 0 heterocycles. The summed E-state index contributed by atoms with van der Waals surface area (Å²) in [6, 6.07) is 14.5. The monoisotopic (exact) mass is 298 g/mol. The Morgan fingerprint density at radius 3 is 2.59 bits per heavy atom. The number of nitrogens with two attached hydrogens (primary N) is 1. The fourth-order valence-corrected chi connectivity index (χ4v) is 2.48. The van der Waals surface area contributed by atoms with Crippen molar-refractivity contribution in [3.63, 3.8) is 0 Å². The molecule has 0 aliphatic heterocycles. The lowest BCUT2D eigenvalue weighted by Crippen LogP contribution is -2.25. The van der Waals surface area contributed by atoms with Gasteiger partial charge in [0.2, 0.25) is 0 Å². The number of hydrogen-bond acceptors (Lipinski definition) is 3. The summed E-state index contributed by atoms with van der Waals surface area (Å²) < 4.78 is 5.81. The molecule has 0 spiro atoms. The summed E-state index contributed by atoms with van der Waals surface area (Å²) in [4.78, 5) is 2.38. The zero-order chi connectivity index (χ0) is 15.9. The second kappa shape index (κ2) is 7.74. The van der Waals surface area contributed by atoms with Crippen LogP contribution in [0.25, 0.3) is 0 Å². The van der Waals surface area contributed by atoms with Gasteiger partial charge in [-0.2, -0.15) is 0 Å². The number of benzene rings is 2. The molecular formula is C19H26N2O. The van der Waals surface area contributed by atoms with Gasteiger partial charge in [0.05, 0.1) is 6.61 Å². The second-order valence-electron chi connectivity index (χ2n) is 5.64. The lowest BCUT2D eigenvalue weighted by molar-refractivity contribution is 0.312. The van der Waals surface area contributed by atoms with Crippen LogP contribution in [0.15, 0.2) is 42.5 Å². The molecule has 3 nitrogen and oxygen atoms in total. The van der Waals surface area contributed by atoms with E-state index in [1.807, 2.05) is 25.1 Å². The van der Waals surface area contributed by atoms with E-state index in [4.69, 9.17) is 10.5 Å². The molecule has 118 valence electrons. The van der Waals surface area contributed by atoms with E-state index in [1.54, 1.807) is 0 Å². The number of rotatable bonds is 7. The molecule has 0 aromatic heterocycles. The van der Waals surface area contributed by atoms with Crippen molar-refractivity contribution in [3.05, 3.63) is 53.6 Å².